The molecular formula is C18H27ClN2O2. The highest BCUT2D eigenvalue weighted by atomic mass is 35.5. The number of urea groups is 1. The summed E-state index contributed by atoms with van der Waals surface area (Å²) in [6.07, 6.45) is 3.50. The molecule has 1 fully saturated rings. The van der Waals surface area contributed by atoms with E-state index in [1.165, 1.54) is 5.56 Å². The van der Waals surface area contributed by atoms with E-state index in [0.29, 0.717) is 13.1 Å². The quantitative estimate of drug-likeness (QED) is 0.679. The molecule has 0 aromatic heterocycles. The van der Waals surface area contributed by atoms with Crippen molar-refractivity contribution in [1.82, 2.24) is 10.6 Å². The van der Waals surface area contributed by atoms with Gasteiger partial charge < -0.3 is 15.7 Å². The van der Waals surface area contributed by atoms with Crippen molar-refractivity contribution in [3.63, 3.8) is 0 Å². The number of amides is 2. The monoisotopic (exact) mass is 338 g/mol. The Bertz CT molecular complexity index is 510. The number of halogens is 1. The minimum absolute atomic E-state index is 0.0515. The standard InChI is InChI=1S/C18H27ClN2O2/c1-3-13(4-2)16(22)11-20-17(23)21-12-18(9-10-18)14-5-7-15(19)8-6-14/h5-8,13,16,22H,3-4,9-12H2,1-2H3,(H2,20,21,23). The van der Waals surface area contributed by atoms with E-state index in [4.69, 9.17) is 11.6 Å². The first kappa shape index (κ1) is 18.1. The Morgan fingerprint density at radius 2 is 1.83 bits per heavy atom. The lowest BCUT2D eigenvalue weighted by molar-refractivity contribution is 0.103. The predicted octanol–water partition coefficient (Wildman–Crippen LogP) is 3.47. The zero-order valence-corrected chi connectivity index (χ0v) is 14.7. The lowest BCUT2D eigenvalue weighted by Crippen LogP contribution is -2.44. The summed E-state index contributed by atoms with van der Waals surface area (Å²) < 4.78 is 0. The van der Waals surface area contributed by atoms with Gasteiger partial charge in [-0.25, -0.2) is 4.79 Å². The topological polar surface area (TPSA) is 61.4 Å². The van der Waals surface area contributed by atoms with E-state index in [1.54, 1.807) is 0 Å². The fourth-order valence-corrected chi connectivity index (χ4v) is 3.16. The lowest BCUT2D eigenvalue weighted by Gasteiger charge is -2.21. The van der Waals surface area contributed by atoms with Crippen molar-refractivity contribution >= 4 is 17.6 Å². The molecule has 2 rings (SSSR count). The smallest absolute Gasteiger partial charge is 0.314 e. The highest BCUT2D eigenvalue weighted by Gasteiger charge is 2.44. The number of hydrogen-bond acceptors (Lipinski definition) is 2. The third kappa shape index (κ3) is 4.85. The molecule has 1 aromatic rings. The SMILES string of the molecule is CCC(CC)C(O)CNC(=O)NCC1(c2ccc(Cl)cc2)CC1. The average molecular weight is 339 g/mol. The van der Waals surface area contributed by atoms with Crippen LogP contribution in [0.15, 0.2) is 24.3 Å². The summed E-state index contributed by atoms with van der Waals surface area (Å²) in [7, 11) is 0. The number of rotatable bonds is 8. The van der Waals surface area contributed by atoms with Crippen LogP contribution in [0.1, 0.15) is 45.1 Å². The second-order valence-corrected chi connectivity index (χ2v) is 6.93. The maximum absolute atomic E-state index is 12.0. The molecule has 0 saturated heterocycles. The highest BCUT2D eigenvalue weighted by molar-refractivity contribution is 6.30. The third-order valence-electron chi connectivity index (χ3n) is 4.96. The van der Waals surface area contributed by atoms with Crippen LogP contribution < -0.4 is 10.6 Å². The molecule has 23 heavy (non-hydrogen) atoms. The Labute approximate surface area is 143 Å². The molecule has 5 heteroatoms. The molecule has 0 radical (unpaired) electrons. The van der Waals surface area contributed by atoms with Crippen LogP contribution in [0.3, 0.4) is 0 Å². The Kier molecular flexibility index (Phi) is 6.31. The van der Waals surface area contributed by atoms with Crippen molar-refractivity contribution in [3.8, 4) is 0 Å². The van der Waals surface area contributed by atoms with Gasteiger partial charge in [-0.2, -0.15) is 0 Å². The number of nitrogens with one attached hydrogen (secondary N) is 2. The highest BCUT2D eigenvalue weighted by Crippen LogP contribution is 2.47. The molecule has 1 atom stereocenters. The van der Waals surface area contributed by atoms with Crippen molar-refractivity contribution in [2.75, 3.05) is 13.1 Å². The van der Waals surface area contributed by atoms with Crippen LogP contribution in [-0.2, 0) is 5.41 Å². The van der Waals surface area contributed by atoms with Crippen molar-refractivity contribution in [2.45, 2.75) is 51.0 Å². The Morgan fingerprint density at radius 1 is 1.22 bits per heavy atom. The minimum atomic E-state index is -0.484. The summed E-state index contributed by atoms with van der Waals surface area (Å²) in [6, 6.07) is 7.64. The fraction of sp³-hybridized carbons (Fsp3) is 0.611. The lowest BCUT2D eigenvalue weighted by atomic mass is 9.96. The molecule has 1 unspecified atom stereocenters. The number of benzene rings is 1. The van der Waals surface area contributed by atoms with E-state index in [2.05, 4.69) is 24.5 Å². The van der Waals surface area contributed by atoms with Crippen LogP contribution in [0.2, 0.25) is 5.02 Å². The molecule has 4 nitrogen and oxygen atoms in total. The average Bonchev–Trinajstić information content (AvgIpc) is 3.34. The molecule has 3 N–H and O–H groups in total. The number of carbonyl (C=O) groups is 1. The summed E-state index contributed by atoms with van der Waals surface area (Å²) in [5.74, 6) is 0.235. The first-order valence-corrected chi connectivity index (χ1v) is 8.84. The summed E-state index contributed by atoms with van der Waals surface area (Å²) in [6.45, 7) is 5.02. The molecule has 1 saturated carbocycles. The predicted molar refractivity (Wildman–Crippen MR) is 93.8 cm³/mol. The zero-order chi connectivity index (χ0) is 16.9. The number of aliphatic hydroxyl groups excluding tert-OH is 1. The molecule has 0 aliphatic heterocycles. The molecular weight excluding hydrogens is 312 g/mol. The van der Waals surface area contributed by atoms with Gasteiger partial charge in [0.05, 0.1) is 6.10 Å². The normalized spacial score (nSPS) is 16.9. The Morgan fingerprint density at radius 3 is 2.35 bits per heavy atom. The van der Waals surface area contributed by atoms with E-state index in [0.717, 1.165) is 30.7 Å². The van der Waals surface area contributed by atoms with Crippen molar-refractivity contribution in [3.05, 3.63) is 34.9 Å². The maximum Gasteiger partial charge on any atom is 0.314 e. The van der Waals surface area contributed by atoms with Gasteiger partial charge in [-0.1, -0.05) is 50.4 Å². The van der Waals surface area contributed by atoms with E-state index in [9.17, 15) is 9.90 Å². The van der Waals surface area contributed by atoms with Gasteiger partial charge >= 0.3 is 6.03 Å². The van der Waals surface area contributed by atoms with E-state index in [-0.39, 0.29) is 17.4 Å². The molecule has 0 spiro atoms. The van der Waals surface area contributed by atoms with Gasteiger partial charge in [0.25, 0.3) is 0 Å². The van der Waals surface area contributed by atoms with E-state index >= 15 is 0 Å². The first-order valence-electron chi connectivity index (χ1n) is 8.46. The van der Waals surface area contributed by atoms with Crippen LogP contribution in [0.5, 0.6) is 0 Å². The number of aliphatic hydroxyl groups is 1. The van der Waals surface area contributed by atoms with Crippen LogP contribution >= 0.6 is 11.6 Å². The van der Waals surface area contributed by atoms with Gasteiger partial charge in [0.15, 0.2) is 0 Å². The molecule has 0 heterocycles. The Hall–Kier alpha value is -1.26. The maximum atomic E-state index is 12.0. The van der Waals surface area contributed by atoms with Crippen LogP contribution in [0, 0.1) is 5.92 Å². The van der Waals surface area contributed by atoms with E-state index in [1.807, 2.05) is 24.3 Å². The number of carbonyl (C=O) groups excluding carboxylic acids is 1. The summed E-state index contributed by atoms with van der Waals surface area (Å²) in [5.41, 5.74) is 1.27. The van der Waals surface area contributed by atoms with Crippen LogP contribution in [-0.4, -0.2) is 30.3 Å². The number of hydrogen-bond donors (Lipinski definition) is 3. The first-order chi connectivity index (χ1) is 11.0. The van der Waals surface area contributed by atoms with E-state index < -0.39 is 6.10 Å². The second-order valence-electron chi connectivity index (χ2n) is 6.49. The molecule has 0 bridgehead atoms. The molecule has 1 aliphatic rings. The van der Waals surface area contributed by atoms with Gasteiger partial charge in [-0.3, -0.25) is 0 Å². The molecule has 128 valence electrons. The van der Waals surface area contributed by atoms with Crippen LogP contribution in [0.25, 0.3) is 0 Å². The minimum Gasteiger partial charge on any atom is -0.391 e. The van der Waals surface area contributed by atoms with Gasteiger partial charge in [-0.15, -0.1) is 0 Å². The molecule has 1 aromatic carbocycles. The van der Waals surface area contributed by atoms with Gasteiger partial charge in [-0.05, 0) is 36.5 Å². The zero-order valence-electron chi connectivity index (χ0n) is 13.9. The van der Waals surface area contributed by atoms with Gasteiger partial charge in [0.2, 0.25) is 0 Å². The Balaban J connectivity index is 1.77. The molecule has 2 amide bonds. The van der Waals surface area contributed by atoms with Crippen molar-refractivity contribution in [1.29, 1.82) is 0 Å². The fourth-order valence-electron chi connectivity index (χ4n) is 3.03. The molecule has 1 aliphatic carbocycles. The second kappa shape index (κ2) is 8.02. The van der Waals surface area contributed by atoms with Gasteiger partial charge in [0.1, 0.15) is 0 Å². The summed E-state index contributed by atoms with van der Waals surface area (Å²) in [4.78, 5) is 12.0. The third-order valence-corrected chi connectivity index (χ3v) is 5.21. The van der Waals surface area contributed by atoms with Crippen LogP contribution in [0.4, 0.5) is 4.79 Å². The largest absolute Gasteiger partial charge is 0.391 e. The summed E-state index contributed by atoms with van der Waals surface area (Å²) in [5, 5.41) is 16.5. The van der Waals surface area contributed by atoms with Gasteiger partial charge in [0, 0.05) is 23.5 Å². The van der Waals surface area contributed by atoms with Crippen molar-refractivity contribution in [2.24, 2.45) is 5.92 Å². The summed E-state index contributed by atoms with van der Waals surface area (Å²) >= 11 is 5.93. The van der Waals surface area contributed by atoms with Crippen molar-refractivity contribution < 1.29 is 9.90 Å².